The molecule has 3 rings (SSSR count). The summed E-state index contributed by atoms with van der Waals surface area (Å²) >= 11 is 0. The van der Waals surface area contributed by atoms with Crippen LogP contribution >= 0.6 is 0 Å². The molecular formula is C17H20N2O4. The molecule has 2 heterocycles. The van der Waals surface area contributed by atoms with Gasteiger partial charge in [-0.2, -0.15) is 9.97 Å². The average molecular weight is 316 g/mol. The van der Waals surface area contributed by atoms with Crippen molar-refractivity contribution in [1.29, 1.82) is 0 Å². The van der Waals surface area contributed by atoms with Gasteiger partial charge in [-0.3, -0.25) is 0 Å². The molecule has 1 aliphatic rings. The summed E-state index contributed by atoms with van der Waals surface area (Å²) in [6.45, 7) is 0.607. The molecule has 1 atom stereocenters. The van der Waals surface area contributed by atoms with Gasteiger partial charge in [0.05, 0.1) is 34.0 Å². The highest BCUT2D eigenvalue weighted by Crippen LogP contribution is 2.36. The fourth-order valence-electron chi connectivity index (χ4n) is 2.76. The van der Waals surface area contributed by atoms with Crippen LogP contribution in [-0.2, 0) is 12.8 Å². The summed E-state index contributed by atoms with van der Waals surface area (Å²) in [6.07, 6.45) is 1.60. The van der Waals surface area contributed by atoms with E-state index >= 15 is 0 Å². The van der Waals surface area contributed by atoms with Crippen LogP contribution in [0.3, 0.4) is 0 Å². The minimum absolute atomic E-state index is 0.298. The van der Waals surface area contributed by atoms with Gasteiger partial charge in [-0.05, 0) is 18.1 Å². The largest absolute Gasteiger partial charge is 0.493 e. The van der Waals surface area contributed by atoms with Crippen molar-refractivity contribution in [3.8, 4) is 23.3 Å². The lowest BCUT2D eigenvalue weighted by Gasteiger charge is -2.26. The molecule has 0 radical (unpaired) electrons. The summed E-state index contributed by atoms with van der Waals surface area (Å²) in [6, 6.07) is 7.63. The number of nitrogens with zero attached hydrogens (tertiary/aromatic N) is 2. The minimum Gasteiger partial charge on any atom is -0.493 e. The maximum absolute atomic E-state index is 5.90. The summed E-state index contributed by atoms with van der Waals surface area (Å²) in [7, 11) is 4.82. The molecule has 1 aromatic carbocycles. The first-order valence-electron chi connectivity index (χ1n) is 7.48. The predicted octanol–water partition coefficient (Wildman–Crippen LogP) is 2.30. The highest BCUT2D eigenvalue weighted by molar-refractivity contribution is 5.47. The van der Waals surface area contributed by atoms with Gasteiger partial charge in [-0.1, -0.05) is 12.1 Å². The van der Waals surface area contributed by atoms with Crippen molar-refractivity contribution < 1.29 is 18.9 Å². The van der Waals surface area contributed by atoms with Gasteiger partial charge in [0.2, 0.25) is 11.8 Å². The number of rotatable bonds is 5. The maximum Gasteiger partial charge on any atom is 0.220 e. The van der Waals surface area contributed by atoms with Gasteiger partial charge in [0, 0.05) is 12.3 Å². The second-order valence-corrected chi connectivity index (χ2v) is 5.40. The standard InChI is InChI=1S/C17H20N2O4/c1-20-13-6-4-5-12-7-11(10-23-17(12)13)8-14-18-15(21-2)9-16(19-14)22-3/h4-6,9,11H,7-8,10H2,1-3H3/t11-/m1/s1. The molecule has 0 saturated heterocycles. The number of hydrogen-bond acceptors (Lipinski definition) is 6. The van der Waals surface area contributed by atoms with Crippen molar-refractivity contribution in [2.24, 2.45) is 5.92 Å². The molecular weight excluding hydrogens is 296 g/mol. The van der Waals surface area contributed by atoms with Crippen molar-refractivity contribution in [3.63, 3.8) is 0 Å². The van der Waals surface area contributed by atoms with Crippen LogP contribution < -0.4 is 18.9 Å². The van der Waals surface area contributed by atoms with Crippen LogP contribution in [0.2, 0.25) is 0 Å². The van der Waals surface area contributed by atoms with Gasteiger partial charge >= 0.3 is 0 Å². The molecule has 0 fully saturated rings. The van der Waals surface area contributed by atoms with Crippen LogP contribution in [-0.4, -0.2) is 37.9 Å². The number of benzene rings is 1. The van der Waals surface area contributed by atoms with Crippen LogP contribution in [0.25, 0.3) is 0 Å². The van der Waals surface area contributed by atoms with Gasteiger partial charge in [0.25, 0.3) is 0 Å². The Morgan fingerprint density at radius 3 is 2.48 bits per heavy atom. The van der Waals surface area contributed by atoms with E-state index in [4.69, 9.17) is 18.9 Å². The quantitative estimate of drug-likeness (QED) is 0.843. The molecule has 23 heavy (non-hydrogen) atoms. The summed E-state index contributed by atoms with van der Waals surface area (Å²) in [4.78, 5) is 8.78. The van der Waals surface area contributed by atoms with Crippen molar-refractivity contribution in [2.45, 2.75) is 12.8 Å². The molecule has 2 aromatic rings. The second-order valence-electron chi connectivity index (χ2n) is 5.40. The van der Waals surface area contributed by atoms with Crippen LogP contribution in [0.4, 0.5) is 0 Å². The Bertz CT molecular complexity index is 668. The average Bonchev–Trinajstić information content (AvgIpc) is 2.60. The molecule has 1 aliphatic heterocycles. The molecule has 1 aromatic heterocycles. The van der Waals surface area contributed by atoms with Gasteiger partial charge in [-0.25, -0.2) is 0 Å². The van der Waals surface area contributed by atoms with Crippen molar-refractivity contribution in [2.75, 3.05) is 27.9 Å². The normalized spacial score (nSPS) is 16.2. The fraction of sp³-hybridized carbons (Fsp3) is 0.412. The first-order chi connectivity index (χ1) is 11.2. The lowest BCUT2D eigenvalue weighted by atomic mass is 9.93. The SMILES string of the molecule is COc1cc(OC)nc(C[C@@H]2COc3c(cccc3OC)C2)n1. The summed E-state index contributed by atoms with van der Waals surface area (Å²) < 4.78 is 21.6. The molecule has 0 amide bonds. The minimum atomic E-state index is 0.298. The Morgan fingerprint density at radius 2 is 1.83 bits per heavy atom. The van der Waals surface area contributed by atoms with E-state index in [1.54, 1.807) is 27.4 Å². The van der Waals surface area contributed by atoms with E-state index in [1.807, 2.05) is 12.1 Å². The first-order valence-corrected chi connectivity index (χ1v) is 7.48. The summed E-state index contributed by atoms with van der Waals surface area (Å²) in [5.41, 5.74) is 1.15. The van der Waals surface area contributed by atoms with E-state index in [0.717, 1.165) is 23.5 Å². The highest BCUT2D eigenvalue weighted by Gasteiger charge is 2.24. The van der Waals surface area contributed by atoms with Crippen LogP contribution in [0, 0.1) is 5.92 Å². The van der Waals surface area contributed by atoms with E-state index in [1.165, 1.54) is 0 Å². The van der Waals surface area contributed by atoms with Gasteiger partial charge in [0.1, 0.15) is 5.82 Å². The number of ether oxygens (including phenoxy) is 4. The number of methoxy groups -OCH3 is 3. The Kier molecular flexibility index (Phi) is 4.50. The third-order valence-electron chi connectivity index (χ3n) is 3.87. The molecule has 0 aliphatic carbocycles. The number of fused-ring (bicyclic) bond motifs is 1. The molecule has 6 heteroatoms. The van der Waals surface area contributed by atoms with Crippen LogP contribution in [0.15, 0.2) is 24.3 Å². The van der Waals surface area contributed by atoms with E-state index in [2.05, 4.69) is 16.0 Å². The molecule has 0 N–H and O–H groups in total. The Morgan fingerprint density at radius 1 is 1.09 bits per heavy atom. The number of para-hydroxylation sites is 1. The molecule has 0 spiro atoms. The molecule has 0 bridgehead atoms. The predicted molar refractivity (Wildman–Crippen MR) is 84.5 cm³/mol. The van der Waals surface area contributed by atoms with Crippen molar-refractivity contribution >= 4 is 0 Å². The van der Waals surface area contributed by atoms with Gasteiger partial charge in [0.15, 0.2) is 11.5 Å². The zero-order valence-electron chi connectivity index (χ0n) is 13.5. The third-order valence-corrected chi connectivity index (χ3v) is 3.87. The molecule has 0 saturated carbocycles. The lowest BCUT2D eigenvalue weighted by Crippen LogP contribution is -2.24. The Balaban J connectivity index is 1.77. The van der Waals surface area contributed by atoms with Crippen molar-refractivity contribution in [3.05, 3.63) is 35.7 Å². The Hall–Kier alpha value is -2.50. The highest BCUT2D eigenvalue weighted by atomic mass is 16.5. The molecule has 6 nitrogen and oxygen atoms in total. The zero-order chi connectivity index (χ0) is 16.2. The monoisotopic (exact) mass is 316 g/mol. The van der Waals surface area contributed by atoms with Gasteiger partial charge in [-0.15, -0.1) is 0 Å². The van der Waals surface area contributed by atoms with Crippen molar-refractivity contribution in [1.82, 2.24) is 9.97 Å². The first kappa shape index (κ1) is 15.4. The Labute approximate surface area is 135 Å². The van der Waals surface area contributed by atoms with E-state index in [0.29, 0.717) is 36.5 Å². The molecule has 0 unspecified atom stereocenters. The number of hydrogen-bond donors (Lipinski definition) is 0. The summed E-state index contributed by atoms with van der Waals surface area (Å²) in [5, 5.41) is 0. The molecule has 122 valence electrons. The smallest absolute Gasteiger partial charge is 0.220 e. The van der Waals surface area contributed by atoms with Crippen LogP contribution in [0.5, 0.6) is 23.3 Å². The van der Waals surface area contributed by atoms with E-state index < -0.39 is 0 Å². The third kappa shape index (κ3) is 3.31. The topological polar surface area (TPSA) is 62.7 Å². The van der Waals surface area contributed by atoms with E-state index in [9.17, 15) is 0 Å². The fourth-order valence-corrected chi connectivity index (χ4v) is 2.76. The number of aromatic nitrogens is 2. The second kappa shape index (κ2) is 6.73. The van der Waals surface area contributed by atoms with E-state index in [-0.39, 0.29) is 0 Å². The summed E-state index contributed by atoms with van der Waals surface area (Å²) in [5.74, 6) is 3.62. The lowest BCUT2D eigenvalue weighted by molar-refractivity contribution is 0.209. The zero-order valence-corrected chi connectivity index (χ0v) is 13.5. The van der Waals surface area contributed by atoms with Gasteiger partial charge < -0.3 is 18.9 Å². The van der Waals surface area contributed by atoms with Crippen LogP contribution in [0.1, 0.15) is 11.4 Å². The maximum atomic E-state index is 5.90.